The van der Waals surface area contributed by atoms with Gasteiger partial charge in [-0.15, -0.1) is 0 Å². The standard InChI is InChI=1S/C17H31N3O3/c1-3-18-17(19-9-4-12-23-13-14-5-6-14)20-10-7-15(8-11-20)16(21)22-2/h14-15H,3-13H2,1-2H3,(H,18,19). The summed E-state index contributed by atoms with van der Waals surface area (Å²) in [6.45, 7) is 7.13. The highest BCUT2D eigenvalue weighted by molar-refractivity contribution is 5.80. The number of ether oxygens (including phenoxy) is 2. The number of nitrogens with one attached hydrogen (secondary N) is 1. The Balaban J connectivity index is 1.69. The fourth-order valence-corrected chi connectivity index (χ4v) is 2.81. The van der Waals surface area contributed by atoms with E-state index in [9.17, 15) is 4.79 Å². The predicted octanol–water partition coefficient (Wildman–Crippen LogP) is 1.65. The number of piperidine rings is 1. The number of guanidine groups is 1. The monoisotopic (exact) mass is 325 g/mol. The van der Waals surface area contributed by atoms with Gasteiger partial charge in [-0.2, -0.15) is 0 Å². The van der Waals surface area contributed by atoms with Crippen molar-refractivity contribution in [1.29, 1.82) is 0 Å². The second-order valence-corrected chi connectivity index (χ2v) is 6.39. The Morgan fingerprint density at radius 3 is 2.61 bits per heavy atom. The molecule has 2 aliphatic rings. The van der Waals surface area contributed by atoms with E-state index in [1.165, 1.54) is 20.0 Å². The van der Waals surface area contributed by atoms with E-state index in [0.717, 1.165) is 70.5 Å². The van der Waals surface area contributed by atoms with Crippen LogP contribution in [0.4, 0.5) is 0 Å². The molecule has 0 amide bonds. The van der Waals surface area contributed by atoms with Gasteiger partial charge in [-0.3, -0.25) is 9.79 Å². The maximum atomic E-state index is 11.6. The Hall–Kier alpha value is -1.30. The van der Waals surface area contributed by atoms with Gasteiger partial charge in [0.2, 0.25) is 0 Å². The Morgan fingerprint density at radius 1 is 1.26 bits per heavy atom. The number of likely N-dealkylation sites (tertiary alicyclic amines) is 1. The topological polar surface area (TPSA) is 63.2 Å². The van der Waals surface area contributed by atoms with Crippen LogP contribution in [0, 0.1) is 11.8 Å². The minimum absolute atomic E-state index is 0.0370. The molecule has 2 fully saturated rings. The van der Waals surface area contributed by atoms with Crippen molar-refractivity contribution < 1.29 is 14.3 Å². The number of rotatable bonds is 8. The van der Waals surface area contributed by atoms with Gasteiger partial charge >= 0.3 is 5.97 Å². The molecule has 0 spiro atoms. The summed E-state index contributed by atoms with van der Waals surface area (Å²) < 4.78 is 10.5. The molecule has 6 heteroatoms. The third kappa shape index (κ3) is 6.37. The molecule has 1 aliphatic heterocycles. The largest absolute Gasteiger partial charge is 0.469 e. The predicted molar refractivity (Wildman–Crippen MR) is 90.5 cm³/mol. The summed E-state index contributed by atoms with van der Waals surface area (Å²) in [7, 11) is 1.46. The molecule has 0 aromatic carbocycles. The minimum atomic E-state index is -0.0839. The van der Waals surface area contributed by atoms with Crippen LogP contribution in [0.5, 0.6) is 0 Å². The van der Waals surface area contributed by atoms with Gasteiger partial charge in [0, 0.05) is 39.4 Å². The molecule has 1 aliphatic carbocycles. The van der Waals surface area contributed by atoms with Gasteiger partial charge in [-0.1, -0.05) is 0 Å². The molecule has 1 N–H and O–H groups in total. The molecule has 2 rings (SSSR count). The van der Waals surface area contributed by atoms with E-state index in [2.05, 4.69) is 17.1 Å². The van der Waals surface area contributed by atoms with Crippen LogP contribution in [0.1, 0.15) is 39.0 Å². The van der Waals surface area contributed by atoms with E-state index < -0.39 is 0 Å². The van der Waals surface area contributed by atoms with Crippen molar-refractivity contribution in [3.63, 3.8) is 0 Å². The summed E-state index contributed by atoms with van der Waals surface area (Å²) in [5.41, 5.74) is 0. The van der Waals surface area contributed by atoms with E-state index in [1.54, 1.807) is 0 Å². The normalized spacial score (nSPS) is 19.7. The number of hydrogen-bond donors (Lipinski definition) is 1. The molecule has 1 saturated carbocycles. The Labute approximate surface area is 139 Å². The molecular weight excluding hydrogens is 294 g/mol. The zero-order chi connectivity index (χ0) is 16.5. The van der Waals surface area contributed by atoms with Gasteiger partial charge in [-0.25, -0.2) is 0 Å². The van der Waals surface area contributed by atoms with E-state index in [1.807, 2.05) is 0 Å². The molecule has 23 heavy (non-hydrogen) atoms. The molecule has 1 saturated heterocycles. The van der Waals surface area contributed by atoms with Crippen LogP contribution in [-0.2, 0) is 14.3 Å². The van der Waals surface area contributed by atoms with Crippen molar-refractivity contribution in [3.8, 4) is 0 Å². The minimum Gasteiger partial charge on any atom is -0.469 e. The molecule has 0 bridgehead atoms. The molecule has 0 unspecified atom stereocenters. The van der Waals surface area contributed by atoms with Crippen molar-refractivity contribution in [3.05, 3.63) is 0 Å². The van der Waals surface area contributed by atoms with Gasteiger partial charge in [0.05, 0.1) is 13.0 Å². The molecule has 0 aromatic rings. The van der Waals surface area contributed by atoms with Gasteiger partial charge < -0.3 is 19.7 Å². The summed E-state index contributed by atoms with van der Waals surface area (Å²) in [6, 6.07) is 0. The first-order chi connectivity index (χ1) is 11.2. The first-order valence-electron chi connectivity index (χ1n) is 8.93. The quantitative estimate of drug-likeness (QED) is 0.318. The molecular formula is C17H31N3O3. The van der Waals surface area contributed by atoms with Crippen molar-refractivity contribution in [2.75, 3.05) is 46.5 Å². The SMILES string of the molecule is CCNC(=NCCCOCC1CC1)N1CCC(C(=O)OC)CC1. The van der Waals surface area contributed by atoms with Crippen molar-refractivity contribution in [2.45, 2.75) is 39.0 Å². The summed E-state index contributed by atoms with van der Waals surface area (Å²) >= 11 is 0. The second kappa shape index (κ2) is 9.75. The van der Waals surface area contributed by atoms with Crippen LogP contribution < -0.4 is 5.32 Å². The number of carbonyl (C=O) groups excluding carboxylic acids is 1. The summed E-state index contributed by atoms with van der Waals surface area (Å²) in [5, 5.41) is 3.35. The number of esters is 1. The zero-order valence-corrected chi connectivity index (χ0v) is 14.6. The second-order valence-electron chi connectivity index (χ2n) is 6.39. The van der Waals surface area contributed by atoms with E-state index >= 15 is 0 Å². The molecule has 1 heterocycles. The van der Waals surface area contributed by atoms with E-state index in [4.69, 9.17) is 14.5 Å². The highest BCUT2D eigenvalue weighted by Crippen LogP contribution is 2.28. The van der Waals surface area contributed by atoms with Crippen LogP contribution in [0.15, 0.2) is 4.99 Å². The van der Waals surface area contributed by atoms with Crippen molar-refractivity contribution >= 4 is 11.9 Å². The molecule has 132 valence electrons. The Morgan fingerprint density at radius 2 is 2.00 bits per heavy atom. The van der Waals surface area contributed by atoms with E-state index in [-0.39, 0.29) is 11.9 Å². The number of carbonyl (C=O) groups is 1. The van der Waals surface area contributed by atoms with Gasteiger partial charge in [0.25, 0.3) is 0 Å². The maximum Gasteiger partial charge on any atom is 0.308 e. The number of hydrogen-bond acceptors (Lipinski definition) is 4. The summed E-state index contributed by atoms with van der Waals surface area (Å²) in [6.07, 6.45) is 5.30. The zero-order valence-electron chi connectivity index (χ0n) is 14.6. The maximum absolute atomic E-state index is 11.6. The highest BCUT2D eigenvalue weighted by Gasteiger charge is 2.26. The van der Waals surface area contributed by atoms with Crippen molar-refractivity contribution in [2.24, 2.45) is 16.8 Å². The number of methoxy groups -OCH3 is 1. The summed E-state index contributed by atoms with van der Waals surface area (Å²) in [4.78, 5) is 18.5. The average Bonchev–Trinajstić information content (AvgIpc) is 3.40. The Bertz CT molecular complexity index is 389. The van der Waals surface area contributed by atoms with Gasteiger partial charge in [0.1, 0.15) is 0 Å². The van der Waals surface area contributed by atoms with E-state index in [0.29, 0.717) is 0 Å². The lowest BCUT2D eigenvalue weighted by Crippen LogP contribution is -2.46. The van der Waals surface area contributed by atoms with Crippen LogP contribution in [0.3, 0.4) is 0 Å². The van der Waals surface area contributed by atoms with Crippen LogP contribution >= 0.6 is 0 Å². The molecule has 0 atom stereocenters. The van der Waals surface area contributed by atoms with Crippen molar-refractivity contribution in [1.82, 2.24) is 10.2 Å². The molecule has 0 radical (unpaired) electrons. The molecule has 6 nitrogen and oxygen atoms in total. The average molecular weight is 325 g/mol. The van der Waals surface area contributed by atoms with Crippen LogP contribution in [0.25, 0.3) is 0 Å². The van der Waals surface area contributed by atoms with Crippen LogP contribution in [0.2, 0.25) is 0 Å². The first kappa shape index (κ1) is 18.0. The highest BCUT2D eigenvalue weighted by atomic mass is 16.5. The fourth-order valence-electron chi connectivity index (χ4n) is 2.81. The lowest BCUT2D eigenvalue weighted by atomic mass is 9.97. The van der Waals surface area contributed by atoms with Gasteiger partial charge in [-0.05, 0) is 44.9 Å². The van der Waals surface area contributed by atoms with Gasteiger partial charge in [0.15, 0.2) is 5.96 Å². The first-order valence-corrected chi connectivity index (χ1v) is 8.93. The number of aliphatic imine (C=N–C) groups is 1. The third-order valence-electron chi connectivity index (χ3n) is 4.42. The lowest BCUT2D eigenvalue weighted by Gasteiger charge is -2.33. The summed E-state index contributed by atoms with van der Waals surface area (Å²) in [5.74, 6) is 1.74. The molecule has 0 aromatic heterocycles. The number of nitrogens with zero attached hydrogens (tertiary/aromatic N) is 2. The third-order valence-corrected chi connectivity index (χ3v) is 4.42. The fraction of sp³-hybridized carbons (Fsp3) is 0.882. The smallest absolute Gasteiger partial charge is 0.308 e. The Kier molecular flexibility index (Phi) is 7.65. The van der Waals surface area contributed by atoms with Crippen LogP contribution in [-0.4, -0.2) is 63.3 Å². The lowest BCUT2D eigenvalue weighted by molar-refractivity contribution is -0.146.